The Morgan fingerprint density at radius 3 is 2.23 bits per heavy atom. The van der Waals surface area contributed by atoms with Gasteiger partial charge < -0.3 is 19.0 Å². The van der Waals surface area contributed by atoms with E-state index in [1.165, 1.54) is 16.2 Å². The van der Waals surface area contributed by atoms with E-state index in [-0.39, 0.29) is 16.2 Å². The minimum atomic E-state index is -2.28. The molecule has 11 heteroatoms. The van der Waals surface area contributed by atoms with Crippen LogP contribution in [0.2, 0.25) is 18.1 Å². The van der Waals surface area contributed by atoms with E-state index in [9.17, 15) is 5.11 Å². The maximum atomic E-state index is 10.7. The number of rotatable bonds is 5. The van der Waals surface area contributed by atoms with Gasteiger partial charge in [-0.15, -0.1) is 0 Å². The van der Waals surface area contributed by atoms with Crippen molar-refractivity contribution in [2.45, 2.75) is 116 Å². The first-order valence-electron chi connectivity index (χ1n) is 12.2. The minimum Gasteiger partial charge on any atom is -0.516 e. The van der Waals surface area contributed by atoms with E-state index in [1.807, 2.05) is 46.4 Å². The first-order valence-corrected chi connectivity index (χ1v) is 15.8. The number of aliphatic hydroxyl groups is 1. The monoisotopic (exact) mass is 521 g/mol. The van der Waals surface area contributed by atoms with Gasteiger partial charge in [0.1, 0.15) is 30.5 Å². The summed E-state index contributed by atoms with van der Waals surface area (Å²) in [6.07, 6.45) is 0.688. The van der Waals surface area contributed by atoms with Crippen LogP contribution in [0, 0.1) is 10.8 Å². The van der Waals surface area contributed by atoms with Crippen LogP contribution in [-0.2, 0) is 13.9 Å². The molecule has 0 radical (unpaired) electrons. The molecular weight excluding hydrogens is 478 g/mol. The van der Waals surface area contributed by atoms with Crippen molar-refractivity contribution < 1.29 is 19.0 Å². The van der Waals surface area contributed by atoms with Crippen LogP contribution in [0.3, 0.4) is 0 Å². The van der Waals surface area contributed by atoms with Crippen LogP contribution in [-0.4, -0.2) is 93.6 Å². The number of hydrogen-bond donors (Lipinski definition) is 2. The van der Waals surface area contributed by atoms with Crippen LogP contribution in [0.4, 0.5) is 0 Å². The summed E-state index contributed by atoms with van der Waals surface area (Å²) in [6, 6.07) is 0. The van der Waals surface area contributed by atoms with E-state index in [4.69, 9.17) is 24.3 Å². The smallest absolute Gasteiger partial charge is 0.192 e. The number of aliphatic hydroxyl groups excluding tert-OH is 1. The highest BCUT2D eigenvalue weighted by Crippen LogP contribution is 2.45. The zero-order chi connectivity index (χ0) is 26.8. The van der Waals surface area contributed by atoms with Crippen LogP contribution in [0.15, 0.2) is 15.0 Å². The number of fused-ring (bicyclic) bond motifs is 1. The summed E-state index contributed by atoms with van der Waals surface area (Å²) in [5.41, 5.74) is -1.98. The molecule has 0 spiro atoms. The molecule has 3 heterocycles. The Bertz CT molecular complexity index is 974. The van der Waals surface area contributed by atoms with Crippen molar-refractivity contribution >= 4 is 47.9 Å². The number of ether oxygens (including phenoxy) is 2. The van der Waals surface area contributed by atoms with Crippen molar-refractivity contribution in [3.63, 3.8) is 0 Å². The molecule has 1 saturated heterocycles. The number of aliphatic imine (C=N–C) groups is 3. The molecule has 0 aromatic carbocycles. The van der Waals surface area contributed by atoms with E-state index in [0.29, 0.717) is 5.84 Å². The highest BCUT2D eigenvalue weighted by atomic mass is 28.4. The molecule has 196 valence electrons. The maximum absolute atomic E-state index is 10.7. The topological polar surface area (TPSA) is 112 Å². The van der Waals surface area contributed by atoms with Gasteiger partial charge in [-0.1, -0.05) is 41.5 Å². The summed E-state index contributed by atoms with van der Waals surface area (Å²) >= 11 is 0. The van der Waals surface area contributed by atoms with Gasteiger partial charge in [0.15, 0.2) is 25.9 Å². The highest BCUT2D eigenvalue weighted by Gasteiger charge is 2.61. The molecule has 9 nitrogen and oxygen atoms in total. The third kappa shape index (κ3) is 4.89. The second kappa shape index (κ2) is 8.79. The van der Waals surface area contributed by atoms with Gasteiger partial charge in [-0.05, 0) is 38.9 Å². The zero-order valence-corrected chi connectivity index (χ0v) is 25.5. The van der Waals surface area contributed by atoms with Gasteiger partial charge in [0, 0.05) is 15.3 Å². The molecule has 0 saturated carbocycles. The molecule has 5 atom stereocenters. The summed E-state index contributed by atoms with van der Waals surface area (Å²) in [5, 5.41) is 19.4. The van der Waals surface area contributed by atoms with Gasteiger partial charge in [0.2, 0.25) is 0 Å². The van der Waals surface area contributed by atoms with Crippen LogP contribution in [0.1, 0.15) is 62.3 Å². The minimum absolute atomic E-state index is 0.0486. The highest BCUT2D eigenvalue weighted by molar-refractivity contribution is 6.74. The molecule has 3 aliphatic heterocycles. The Kier molecular flexibility index (Phi) is 7.04. The number of amidine groups is 2. The molecule has 0 aliphatic carbocycles. The Morgan fingerprint density at radius 1 is 1.14 bits per heavy atom. The van der Waals surface area contributed by atoms with E-state index in [1.54, 1.807) is 6.34 Å². The summed E-state index contributed by atoms with van der Waals surface area (Å²) in [4.78, 5) is 15.5. The van der Waals surface area contributed by atoms with Crippen molar-refractivity contribution in [3.05, 3.63) is 0 Å². The Hall–Kier alpha value is -1.54. The van der Waals surface area contributed by atoms with E-state index in [0.717, 1.165) is 0 Å². The maximum Gasteiger partial charge on any atom is 0.192 e. The molecule has 3 aliphatic rings. The lowest BCUT2D eigenvalue weighted by Crippen LogP contribution is -2.60. The van der Waals surface area contributed by atoms with Crippen molar-refractivity contribution in [2.75, 3.05) is 0 Å². The van der Waals surface area contributed by atoms with Crippen molar-refractivity contribution in [1.29, 1.82) is 5.41 Å². The number of hydrogen-bond acceptors (Lipinski definition) is 8. The molecule has 3 rings (SSSR count). The van der Waals surface area contributed by atoms with Gasteiger partial charge in [-0.2, -0.15) is 0 Å². The fourth-order valence-electron chi connectivity index (χ4n) is 4.39. The largest absolute Gasteiger partial charge is 0.516 e. The lowest BCUT2D eigenvalue weighted by Gasteiger charge is -2.44. The van der Waals surface area contributed by atoms with Crippen LogP contribution in [0.25, 0.3) is 0 Å². The summed E-state index contributed by atoms with van der Waals surface area (Å²) in [7, 11) is -0.890. The van der Waals surface area contributed by atoms with Gasteiger partial charge in [-0.3, -0.25) is 15.3 Å². The molecule has 1 unspecified atom stereocenters. The lowest BCUT2D eigenvalue weighted by atomic mass is 9.72. The zero-order valence-electron chi connectivity index (χ0n) is 23.1. The number of nitrogens with zero attached hydrogens (tertiary/aromatic N) is 4. The molecule has 0 amide bonds. The Labute approximate surface area is 213 Å². The number of nitrogens with one attached hydrogen (secondary N) is 1. The standard InChI is InChI=1S/C24H43N5O4Si2/c1-21(2,3)24-19(25)26-12-27-20(24)29(13-28-24)17-15(33-35(10,11)23(7,8)9)14(32-22(4,5)6)16(31-17)18(30)34/h12-17,25,30H,34H2,1-11H3/t14-,15+,16-,17+,24?/m0/s1. The predicted molar refractivity (Wildman–Crippen MR) is 147 cm³/mol. The van der Waals surface area contributed by atoms with Gasteiger partial charge in [0.05, 0.1) is 17.3 Å². The lowest BCUT2D eigenvalue weighted by molar-refractivity contribution is -0.101. The predicted octanol–water partition coefficient (Wildman–Crippen LogP) is 2.97. The van der Waals surface area contributed by atoms with Crippen LogP contribution < -0.4 is 0 Å². The Balaban J connectivity index is 2.12. The second-order valence-corrected chi connectivity index (χ2v) is 18.6. The average molecular weight is 522 g/mol. The van der Waals surface area contributed by atoms with Crippen molar-refractivity contribution in [1.82, 2.24) is 4.90 Å². The molecule has 0 aromatic rings. The second-order valence-electron chi connectivity index (χ2n) is 13.1. The van der Waals surface area contributed by atoms with Crippen LogP contribution >= 0.6 is 0 Å². The third-order valence-corrected chi connectivity index (χ3v) is 12.1. The first-order chi connectivity index (χ1) is 15.7. The quantitative estimate of drug-likeness (QED) is 0.540. The summed E-state index contributed by atoms with van der Waals surface area (Å²) in [6.45, 7) is 23.0. The van der Waals surface area contributed by atoms with Crippen molar-refractivity contribution in [3.8, 4) is 0 Å². The first kappa shape index (κ1) is 28.0. The normalized spacial score (nSPS) is 31.7. The molecule has 2 N–H and O–H groups in total. The van der Waals surface area contributed by atoms with Crippen molar-refractivity contribution in [2.24, 2.45) is 20.4 Å². The van der Waals surface area contributed by atoms with Crippen LogP contribution in [0.5, 0.6) is 0 Å². The SMILES string of the molecule is CC(C)(C)O[C@H]1[C@@H](O[Si](C)(C)C(C)(C)C)[C@H](N2C=NC3(C(C)(C)C)C(=N)N=CN=C23)O[C@@H]1C(O)=[SiH2]. The summed E-state index contributed by atoms with van der Waals surface area (Å²) in [5.74, 6) is 0.714. The molecular formula is C24H43N5O4Si2. The fraction of sp³-hybridized carbons (Fsp3) is 0.792. The third-order valence-electron chi connectivity index (χ3n) is 7.26. The van der Waals surface area contributed by atoms with Gasteiger partial charge >= 0.3 is 0 Å². The molecule has 0 bridgehead atoms. The van der Waals surface area contributed by atoms with Gasteiger partial charge in [-0.25, -0.2) is 9.98 Å². The van der Waals surface area contributed by atoms with E-state index in [2.05, 4.69) is 43.9 Å². The fourth-order valence-corrected chi connectivity index (χ4v) is 6.00. The van der Waals surface area contributed by atoms with E-state index < -0.39 is 49.4 Å². The molecule has 0 aromatic heterocycles. The summed E-state index contributed by atoms with van der Waals surface area (Å²) < 4.78 is 20.0. The van der Waals surface area contributed by atoms with Gasteiger partial charge in [0.25, 0.3) is 0 Å². The molecule has 35 heavy (non-hydrogen) atoms. The molecule has 1 fully saturated rings. The average Bonchev–Trinajstić information content (AvgIpc) is 3.20. The Morgan fingerprint density at radius 2 is 1.74 bits per heavy atom. The van der Waals surface area contributed by atoms with E-state index >= 15 is 0 Å².